The molecular weight excluding hydrogens is 192 g/mol. The largest absolute Gasteiger partial charge is 0.325 e. The van der Waals surface area contributed by atoms with Crippen molar-refractivity contribution in [3.05, 3.63) is 0 Å². The first-order chi connectivity index (χ1) is 7.25. The predicted molar refractivity (Wildman–Crippen MR) is 54.5 cm³/mol. The van der Waals surface area contributed by atoms with Crippen molar-refractivity contribution in [2.75, 3.05) is 13.1 Å². The number of hydrogen-bond donors (Lipinski definition) is 0. The minimum atomic E-state index is 0.182. The van der Waals surface area contributed by atoms with Gasteiger partial charge in [-0.3, -0.25) is 4.79 Å². The first kappa shape index (κ1) is 9.19. The Balaban J connectivity index is 1.76. The molecule has 0 aromatic heterocycles. The Morgan fingerprint density at radius 3 is 2.20 bits per heavy atom. The highest BCUT2D eigenvalue weighted by Crippen LogP contribution is 2.35. The Hall–Kier alpha value is -1.06. The van der Waals surface area contributed by atoms with Crippen molar-refractivity contribution in [1.82, 2.24) is 9.80 Å². The molecule has 3 aliphatic heterocycles. The highest BCUT2D eigenvalue weighted by Gasteiger charge is 2.44. The summed E-state index contributed by atoms with van der Waals surface area (Å²) in [4.78, 5) is 27.4. The van der Waals surface area contributed by atoms with Gasteiger partial charge in [0.15, 0.2) is 0 Å². The molecule has 0 aromatic rings. The summed E-state index contributed by atoms with van der Waals surface area (Å²) in [7, 11) is 0. The molecule has 0 aliphatic carbocycles. The third-order valence-corrected chi connectivity index (χ3v) is 3.89. The van der Waals surface area contributed by atoms with Crippen LogP contribution < -0.4 is 0 Å². The van der Waals surface area contributed by atoms with E-state index >= 15 is 0 Å². The Morgan fingerprint density at radius 2 is 1.73 bits per heavy atom. The van der Waals surface area contributed by atoms with E-state index in [9.17, 15) is 9.59 Å². The second kappa shape index (κ2) is 3.22. The Labute approximate surface area is 89.2 Å². The second-order valence-corrected chi connectivity index (χ2v) is 4.86. The van der Waals surface area contributed by atoms with E-state index < -0.39 is 0 Å². The summed E-state index contributed by atoms with van der Waals surface area (Å²) >= 11 is 0. The lowest BCUT2D eigenvalue weighted by Crippen LogP contribution is -2.55. The number of piperidine rings is 1. The lowest BCUT2D eigenvalue weighted by atomic mass is 10.0. The van der Waals surface area contributed by atoms with E-state index in [-0.39, 0.29) is 18.1 Å². The second-order valence-electron chi connectivity index (χ2n) is 4.86. The van der Waals surface area contributed by atoms with E-state index in [4.69, 9.17) is 0 Å². The lowest BCUT2D eigenvalue weighted by Gasteiger charge is -2.41. The van der Waals surface area contributed by atoms with Crippen LogP contribution in [0.4, 0.5) is 4.79 Å². The van der Waals surface area contributed by atoms with Gasteiger partial charge in [-0.1, -0.05) is 0 Å². The fourth-order valence-electron chi connectivity index (χ4n) is 2.95. The third-order valence-electron chi connectivity index (χ3n) is 3.89. The van der Waals surface area contributed by atoms with Crippen LogP contribution in [0, 0.1) is 0 Å². The number of ketones is 1. The van der Waals surface area contributed by atoms with Crippen molar-refractivity contribution in [1.29, 1.82) is 0 Å². The lowest BCUT2D eigenvalue weighted by molar-refractivity contribution is -0.122. The molecule has 3 aliphatic rings. The molecule has 0 N–H and O–H groups in total. The average molecular weight is 208 g/mol. The first-order valence-electron chi connectivity index (χ1n) is 5.84. The molecule has 3 rings (SSSR count). The summed E-state index contributed by atoms with van der Waals surface area (Å²) in [6.45, 7) is 1.81. The molecule has 2 bridgehead atoms. The van der Waals surface area contributed by atoms with Crippen LogP contribution in [0.15, 0.2) is 0 Å². The minimum absolute atomic E-state index is 0.182. The molecule has 4 nitrogen and oxygen atoms in total. The maximum atomic E-state index is 12.1. The van der Waals surface area contributed by atoms with E-state index in [1.807, 2.05) is 9.80 Å². The SMILES string of the molecule is O=C1CC2CCC(C1)N2C(=O)N1CCC1. The van der Waals surface area contributed by atoms with Crippen LogP contribution in [-0.2, 0) is 4.79 Å². The number of Topliss-reactive ketones (excluding diaryl/α,β-unsaturated/α-hetero) is 1. The molecule has 15 heavy (non-hydrogen) atoms. The van der Waals surface area contributed by atoms with Crippen molar-refractivity contribution < 1.29 is 9.59 Å². The highest BCUT2D eigenvalue weighted by atomic mass is 16.2. The smallest absolute Gasteiger partial charge is 0.320 e. The third kappa shape index (κ3) is 1.34. The van der Waals surface area contributed by atoms with Crippen molar-refractivity contribution in [2.45, 2.75) is 44.2 Å². The van der Waals surface area contributed by atoms with Crippen LogP contribution in [0.3, 0.4) is 0 Å². The molecule has 0 saturated carbocycles. The van der Waals surface area contributed by atoms with Crippen molar-refractivity contribution in [3.8, 4) is 0 Å². The van der Waals surface area contributed by atoms with Crippen LogP contribution in [0.5, 0.6) is 0 Å². The standard InChI is InChI=1S/C11H16N2O2/c14-10-6-8-2-3-9(7-10)13(8)11(15)12-4-1-5-12/h8-9H,1-7H2. The molecule has 3 saturated heterocycles. The van der Waals surface area contributed by atoms with E-state index in [0.29, 0.717) is 18.6 Å². The van der Waals surface area contributed by atoms with Crippen molar-refractivity contribution in [2.24, 2.45) is 0 Å². The summed E-state index contributed by atoms with van der Waals surface area (Å²) in [5.41, 5.74) is 0. The minimum Gasteiger partial charge on any atom is -0.325 e. The zero-order chi connectivity index (χ0) is 10.4. The van der Waals surface area contributed by atoms with Crippen LogP contribution in [-0.4, -0.2) is 46.8 Å². The molecule has 0 aromatic carbocycles. The predicted octanol–water partition coefficient (Wildman–Crippen LogP) is 1.01. The summed E-state index contributed by atoms with van der Waals surface area (Å²) in [6, 6.07) is 0.606. The molecule has 0 spiro atoms. The fraction of sp³-hybridized carbons (Fsp3) is 0.818. The maximum Gasteiger partial charge on any atom is 0.320 e. The van der Waals surface area contributed by atoms with Crippen LogP contribution >= 0.6 is 0 Å². The van der Waals surface area contributed by atoms with Gasteiger partial charge in [-0.2, -0.15) is 0 Å². The van der Waals surface area contributed by atoms with Gasteiger partial charge in [-0.15, -0.1) is 0 Å². The number of hydrogen-bond acceptors (Lipinski definition) is 2. The van der Waals surface area contributed by atoms with Gasteiger partial charge in [0.25, 0.3) is 0 Å². The van der Waals surface area contributed by atoms with Gasteiger partial charge < -0.3 is 9.80 Å². The number of carbonyl (C=O) groups is 2. The summed E-state index contributed by atoms with van der Waals surface area (Å²) in [5, 5.41) is 0. The van der Waals surface area contributed by atoms with Gasteiger partial charge >= 0.3 is 6.03 Å². The van der Waals surface area contributed by atoms with Crippen molar-refractivity contribution >= 4 is 11.8 Å². The van der Waals surface area contributed by atoms with E-state index in [1.165, 1.54) is 0 Å². The highest BCUT2D eigenvalue weighted by molar-refractivity contribution is 5.85. The van der Waals surface area contributed by atoms with Crippen LogP contribution in [0.25, 0.3) is 0 Å². The van der Waals surface area contributed by atoms with E-state index in [0.717, 1.165) is 32.4 Å². The average Bonchev–Trinajstić information content (AvgIpc) is 2.36. The van der Waals surface area contributed by atoms with Gasteiger partial charge in [-0.25, -0.2) is 4.79 Å². The molecule has 2 amide bonds. The normalized spacial score (nSPS) is 34.3. The number of rotatable bonds is 0. The Bertz CT molecular complexity index is 296. The van der Waals surface area contributed by atoms with Gasteiger partial charge in [0.05, 0.1) is 0 Å². The number of nitrogens with zero attached hydrogens (tertiary/aromatic N) is 2. The number of carbonyl (C=O) groups excluding carboxylic acids is 2. The molecule has 2 atom stereocenters. The number of likely N-dealkylation sites (tertiary alicyclic amines) is 1. The molecule has 0 radical (unpaired) electrons. The first-order valence-corrected chi connectivity index (χ1v) is 5.84. The molecule has 4 heteroatoms. The van der Waals surface area contributed by atoms with Crippen LogP contribution in [0.1, 0.15) is 32.1 Å². The van der Waals surface area contributed by atoms with E-state index in [2.05, 4.69) is 0 Å². The summed E-state index contributed by atoms with van der Waals surface area (Å²) in [6.07, 6.45) is 4.37. The van der Waals surface area contributed by atoms with Crippen LogP contribution in [0.2, 0.25) is 0 Å². The quantitative estimate of drug-likeness (QED) is 0.596. The molecular formula is C11H16N2O2. The number of urea groups is 1. The van der Waals surface area contributed by atoms with Crippen molar-refractivity contribution in [3.63, 3.8) is 0 Å². The zero-order valence-electron chi connectivity index (χ0n) is 8.82. The Morgan fingerprint density at radius 1 is 1.13 bits per heavy atom. The van der Waals surface area contributed by atoms with Gasteiger partial charge in [-0.05, 0) is 19.3 Å². The summed E-state index contributed by atoms with van der Waals surface area (Å²) in [5.74, 6) is 0.343. The molecule has 3 heterocycles. The van der Waals surface area contributed by atoms with E-state index in [1.54, 1.807) is 0 Å². The topological polar surface area (TPSA) is 40.6 Å². The fourth-order valence-corrected chi connectivity index (χ4v) is 2.95. The Kier molecular flexibility index (Phi) is 1.97. The molecule has 3 fully saturated rings. The molecule has 2 unspecified atom stereocenters. The van der Waals surface area contributed by atoms with Gasteiger partial charge in [0.1, 0.15) is 5.78 Å². The van der Waals surface area contributed by atoms with Gasteiger partial charge in [0, 0.05) is 38.0 Å². The maximum absolute atomic E-state index is 12.1. The zero-order valence-corrected chi connectivity index (χ0v) is 8.82. The summed E-state index contributed by atoms with van der Waals surface area (Å²) < 4.78 is 0. The number of amides is 2. The molecule has 82 valence electrons. The van der Waals surface area contributed by atoms with Gasteiger partial charge in [0.2, 0.25) is 0 Å². The monoisotopic (exact) mass is 208 g/mol. The number of fused-ring (bicyclic) bond motifs is 2.